The molecule has 0 aliphatic carbocycles. The van der Waals surface area contributed by atoms with Crippen LogP contribution in [0.5, 0.6) is 0 Å². The maximum Gasteiger partial charge on any atom is 0.0213 e. The van der Waals surface area contributed by atoms with E-state index in [1.165, 1.54) is 5.56 Å². The van der Waals surface area contributed by atoms with E-state index in [0.29, 0.717) is 5.66 Å². The number of hydrogen-bond donors (Lipinski definition) is 0. The van der Waals surface area contributed by atoms with Gasteiger partial charge in [-0.1, -0.05) is 36.4 Å². The van der Waals surface area contributed by atoms with Crippen molar-refractivity contribution in [3.8, 4) is 0 Å². The van der Waals surface area contributed by atoms with E-state index < -0.39 is 0 Å². The molecule has 0 heterocycles. The highest BCUT2D eigenvalue weighted by Gasteiger charge is 2.09. The van der Waals surface area contributed by atoms with Gasteiger partial charge in [-0.3, -0.25) is 0 Å². The molecule has 0 fully saturated rings. The average molecular weight is 259 g/mol. The van der Waals surface area contributed by atoms with E-state index in [1.54, 1.807) is 0 Å². The number of benzene rings is 1. The van der Waals surface area contributed by atoms with Gasteiger partial charge in [-0.25, -0.2) is 0 Å². The van der Waals surface area contributed by atoms with Crippen LogP contribution < -0.4 is 0 Å². The molecule has 72 valence electrons. The molecule has 0 aliphatic heterocycles. The minimum atomic E-state index is 0. The Morgan fingerprint density at radius 1 is 1.23 bits per heavy atom. The van der Waals surface area contributed by atoms with Crippen molar-refractivity contribution in [2.45, 2.75) is 5.66 Å². The van der Waals surface area contributed by atoms with Gasteiger partial charge in [-0.2, -0.15) is 0 Å². The summed E-state index contributed by atoms with van der Waals surface area (Å²) in [5, 5.41) is 0. The number of rotatable bonds is 3. The van der Waals surface area contributed by atoms with Crippen molar-refractivity contribution in [3.63, 3.8) is 0 Å². The van der Waals surface area contributed by atoms with Gasteiger partial charge < -0.3 is 0 Å². The van der Waals surface area contributed by atoms with E-state index in [-0.39, 0.29) is 24.9 Å². The van der Waals surface area contributed by atoms with Crippen molar-refractivity contribution < 1.29 is 0 Å². The minimum Gasteiger partial charge on any atom is -0.114 e. The van der Waals surface area contributed by atoms with Crippen molar-refractivity contribution >= 4 is 24.9 Å². The van der Waals surface area contributed by atoms with Crippen molar-refractivity contribution in [2.75, 3.05) is 13.3 Å². The summed E-state index contributed by atoms with van der Waals surface area (Å²) >= 11 is 0. The topological polar surface area (TPSA) is 0 Å². The van der Waals surface area contributed by atoms with Crippen molar-refractivity contribution in [1.82, 2.24) is 0 Å². The highest BCUT2D eigenvalue weighted by Crippen LogP contribution is 2.45. The maximum atomic E-state index is 3.87. The van der Waals surface area contributed by atoms with Gasteiger partial charge in [-0.15, -0.1) is 31.5 Å². The summed E-state index contributed by atoms with van der Waals surface area (Å²) in [5.74, 6) is 0. The van der Waals surface area contributed by atoms with Crippen molar-refractivity contribution in [1.29, 1.82) is 0 Å². The van der Waals surface area contributed by atoms with Gasteiger partial charge in [0.25, 0.3) is 0 Å². The summed E-state index contributed by atoms with van der Waals surface area (Å²) in [7, 11) is 0.0417. The first kappa shape index (κ1) is 12.9. The molecular weight excluding hydrogens is 243 g/mol. The second-order valence-corrected chi connectivity index (χ2v) is 5.54. The monoisotopic (exact) mass is 258 g/mol. The smallest absolute Gasteiger partial charge is 0.0213 e. The van der Waals surface area contributed by atoms with E-state index in [4.69, 9.17) is 0 Å². The Balaban J connectivity index is 0.00000144. The number of hydrogen-bond acceptors (Lipinski definition) is 0. The SMILES string of the molecule is Br.C=CC(c1ccccc1)P(C)C. The third kappa shape index (κ3) is 3.62. The van der Waals surface area contributed by atoms with Gasteiger partial charge in [-0.05, 0) is 18.9 Å². The quantitative estimate of drug-likeness (QED) is 0.562. The first-order valence-electron chi connectivity index (χ1n) is 4.09. The van der Waals surface area contributed by atoms with E-state index >= 15 is 0 Å². The predicted octanol–water partition coefficient (Wildman–Crippen LogP) is 4.23. The normalized spacial score (nSPS) is 11.9. The lowest BCUT2D eigenvalue weighted by Crippen LogP contribution is -1.90. The molecule has 0 N–H and O–H groups in total. The molecule has 0 saturated carbocycles. The molecule has 0 amide bonds. The highest BCUT2D eigenvalue weighted by atomic mass is 79.9. The van der Waals surface area contributed by atoms with Gasteiger partial charge in [0.2, 0.25) is 0 Å². The molecule has 13 heavy (non-hydrogen) atoms. The second kappa shape index (κ2) is 6.34. The number of halogens is 1. The molecule has 0 saturated heterocycles. The fourth-order valence-corrected chi connectivity index (χ4v) is 2.49. The summed E-state index contributed by atoms with van der Waals surface area (Å²) in [6.07, 6.45) is 2.06. The Kier molecular flexibility index (Phi) is 6.28. The molecule has 1 atom stereocenters. The van der Waals surface area contributed by atoms with Crippen LogP contribution in [0.15, 0.2) is 43.0 Å². The summed E-state index contributed by atoms with van der Waals surface area (Å²) < 4.78 is 0. The molecule has 2 heteroatoms. The van der Waals surface area contributed by atoms with Crippen LogP contribution in [0.25, 0.3) is 0 Å². The van der Waals surface area contributed by atoms with Crippen LogP contribution in [0, 0.1) is 0 Å². The van der Waals surface area contributed by atoms with Gasteiger partial charge in [0.1, 0.15) is 0 Å². The fourth-order valence-electron chi connectivity index (χ4n) is 1.30. The Labute approximate surface area is 92.6 Å². The Morgan fingerprint density at radius 3 is 2.15 bits per heavy atom. The zero-order valence-electron chi connectivity index (χ0n) is 8.10. The summed E-state index contributed by atoms with van der Waals surface area (Å²) in [6.45, 7) is 8.45. The van der Waals surface area contributed by atoms with Crippen LogP contribution in [-0.2, 0) is 0 Å². The third-order valence-electron chi connectivity index (χ3n) is 1.92. The molecular formula is C11H16BrP. The van der Waals surface area contributed by atoms with Crippen molar-refractivity contribution in [3.05, 3.63) is 48.6 Å². The molecule has 0 nitrogen and oxygen atoms in total. The Bertz CT molecular complexity index is 244. The third-order valence-corrected chi connectivity index (χ3v) is 3.54. The second-order valence-electron chi connectivity index (χ2n) is 3.05. The lowest BCUT2D eigenvalue weighted by atomic mass is 10.1. The van der Waals surface area contributed by atoms with Crippen LogP contribution in [0.4, 0.5) is 0 Å². The molecule has 0 radical (unpaired) electrons. The molecule has 1 rings (SSSR count). The van der Waals surface area contributed by atoms with E-state index in [2.05, 4.69) is 56.3 Å². The molecule has 0 bridgehead atoms. The summed E-state index contributed by atoms with van der Waals surface area (Å²) in [4.78, 5) is 0. The first-order valence-corrected chi connectivity index (χ1v) is 6.40. The molecule has 0 aromatic heterocycles. The predicted molar refractivity (Wildman–Crippen MR) is 68.5 cm³/mol. The lowest BCUT2D eigenvalue weighted by molar-refractivity contribution is 1.21. The lowest BCUT2D eigenvalue weighted by Gasteiger charge is -2.17. The van der Waals surface area contributed by atoms with E-state index in [0.717, 1.165) is 0 Å². The van der Waals surface area contributed by atoms with Crippen LogP contribution in [0.1, 0.15) is 11.2 Å². The average Bonchev–Trinajstić information content (AvgIpc) is 2.07. The molecule has 1 aromatic rings. The van der Waals surface area contributed by atoms with Crippen LogP contribution in [-0.4, -0.2) is 13.3 Å². The Morgan fingerprint density at radius 2 is 1.77 bits per heavy atom. The highest BCUT2D eigenvalue weighted by molar-refractivity contribution is 8.93. The maximum absolute atomic E-state index is 3.87. The van der Waals surface area contributed by atoms with Crippen LogP contribution in [0.2, 0.25) is 0 Å². The summed E-state index contributed by atoms with van der Waals surface area (Å²) in [6, 6.07) is 10.6. The van der Waals surface area contributed by atoms with Crippen LogP contribution in [0.3, 0.4) is 0 Å². The van der Waals surface area contributed by atoms with Gasteiger partial charge in [0.05, 0.1) is 0 Å². The molecule has 1 aromatic carbocycles. The molecule has 0 aliphatic rings. The van der Waals surface area contributed by atoms with E-state index in [1.807, 2.05) is 0 Å². The fraction of sp³-hybridized carbons (Fsp3) is 0.273. The van der Waals surface area contributed by atoms with Crippen molar-refractivity contribution in [2.24, 2.45) is 0 Å². The standard InChI is InChI=1S/C11H15P.BrH/c1-4-11(12(2)3)10-8-6-5-7-9-10;/h4-9,11H,1H2,2-3H3;1H. The molecule has 1 unspecified atom stereocenters. The zero-order valence-corrected chi connectivity index (χ0v) is 10.7. The molecule has 0 spiro atoms. The zero-order chi connectivity index (χ0) is 8.97. The Hall–Kier alpha value is -0.130. The first-order chi connectivity index (χ1) is 5.75. The van der Waals surface area contributed by atoms with Gasteiger partial charge in [0, 0.05) is 5.66 Å². The van der Waals surface area contributed by atoms with E-state index in [9.17, 15) is 0 Å². The largest absolute Gasteiger partial charge is 0.114 e. The minimum absolute atomic E-state index is 0. The number of allylic oxidation sites excluding steroid dienone is 1. The van der Waals surface area contributed by atoms with Gasteiger partial charge >= 0.3 is 0 Å². The summed E-state index contributed by atoms with van der Waals surface area (Å²) in [5.41, 5.74) is 1.95. The van der Waals surface area contributed by atoms with Crippen LogP contribution >= 0.6 is 24.9 Å². The van der Waals surface area contributed by atoms with Gasteiger partial charge in [0.15, 0.2) is 0 Å².